The van der Waals surface area contributed by atoms with Gasteiger partial charge in [0, 0.05) is 30.7 Å². The first kappa shape index (κ1) is 12.1. The van der Waals surface area contributed by atoms with Gasteiger partial charge in [-0.15, -0.1) is 11.3 Å². The fraction of sp³-hybridized carbons (Fsp3) is 0.545. The number of nitrogens with one attached hydrogen (secondary N) is 1. The second-order valence-electron chi connectivity index (χ2n) is 4.62. The molecule has 0 aromatic carbocycles. The fourth-order valence-electron chi connectivity index (χ4n) is 2.63. The van der Waals surface area contributed by atoms with E-state index in [4.69, 9.17) is 0 Å². The summed E-state index contributed by atoms with van der Waals surface area (Å²) in [4.78, 5) is 15.1. The van der Waals surface area contributed by atoms with Gasteiger partial charge in [0.25, 0.3) is 5.91 Å². The average molecular weight is 380 g/mol. The number of fused-ring (bicyclic) bond motifs is 1. The van der Waals surface area contributed by atoms with E-state index >= 15 is 0 Å². The van der Waals surface area contributed by atoms with Crippen molar-refractivity contribution in [3.63, 3.8) is 0 Å². The summed E-state index contributed by atoms with van der Waals surface area (Å²) in [5.41, 5.74) is 0. The Bertz CT molecular complexity index is 431. The van der Waals surface area contributed by atoms with E-state index in [1.165, 1.54) is 11.3 Å². The zero-order valence-electron chi connectivity index (χ0n) is 9.08. The molecular weight excluding hydrogens is 368 g/mol. The largest absolute Gasteiger partial charge is 0.337 e. The predicted molar refractivity (Wildman–Crippen MR) is 75.5 cm³/mol. The monoisotopic (exact) mass is 378 g/mol. The predicted octanol–water partition coefficient (Wildman–Crippen LogP) is 2.56. The Morgan fingerprint density at radius 1 is 1.35 bits per heavy atom. The molecule has 0 aliphatic carbocycles. The molecule has 2 fully saturated rings. The molecule has 1 aromatic rings. The van der Waals surface area contributed by atoms with Crippen molar-refractivity contribution in [2.45, 2.75) is 0 Å². The van der Waals surface area contributed by atoms with Crippen molar-refractivity contribution in [3.8, 4) is 0 Å². The van der Waals surface area contributed by atoms with Crippen molar-refractivity contribution in [3.05, 3.63) is 19.2 Å². The number of thiophene rings is 1. The Morgan fingerprint density at radius 3 is 2.53 bits per heavy atom. The molecule has 3 rings (SSSR count). The van der Waals surface area contributed by atoms with E-state index in [9.17, 15) is 4.79 Å². The van der Waals surface area contributed by atoms with Gasteiger partial charge >= 0.3 is 0 Å². The van der Waals surface area contributed by atoms with Crippen molar-refractivity contribution in [2.75, 3.05) is 26.2 Å². The van der Waals surface area contributed by atoms with Gasteiger partial charge in [-0.05, 0) is 49.8 Å². The third-order valence-corrected chi connectivity index (χ3v) is 6.78. The van der Waals surface area contributed by atoms with Crippen molar-refractivity contribution in [1.29, 1.82) is 0 Å². The van der Waals surface area contributed by atoms with E-state index in [0.717, 1.165) is 39.3 Å². The van der Waals surface area contributed by atoms with Crippen LogP contribution in [0.3, 0.4) is 0 Å². The van der Waals surface area contributed by atoms with Gasteiger partial charge in [-0.3, -0.25) is 4.79 Å². The molecule has 0 bridgehead atoms. The van der Waals surface area contributed by atoms with Gasteiger partial charge in [0.1, 0.15) is 0 Å². The lowest BCUT2D eigenvalue weighted by Crippen LogP contribution is -2.31. The van der Waals surface area contributed by atoms with E-state index in [-0.39, 0.29) is 5.91 Å². The molecule has 3 heterocycles. The number of carbonyl (C=O) groups excluding carboxylic acids is 1. The number of amides is 1. The first-order valence-electron chi connectivity index (χ1n) is 5.60. The molecule has 17 heavy (non-hydrogen) atoms. The zero-order valence-corrected chi connectivity index (χ0v) is 13.1. The van der Waals surface area contributed by atoms with Gasteiger partial charge < -0.3 is 10.2 Å². The molecule has 1 aromatic heterocycles. The molecule has 0 saturated carbocycles. The van der Waals surface area contributed by atoms with Crippen LogP contribution in [0.15, 0.2) is 14.3 Å². The second-order valence-corrected chi connectivity index (χ2v) is 7.85. The molecule has 1 amide bonds. The smallest absolute Gasteiger partial charge is 0.264 e. The summed E-state index contributed by atoms with van der Waals surface area (Å²) in [6, 6.07) is 1.91. The molecule has 3 nitrogen and oxygen atoms in total. The number of halogens is 2. The minimum Gasteiger partial charge on any atom is -0.337 e. The number of carbonyl (C=O) groups is 1. The highest BCUT2D eigenvalue weighted by Gasteiger charge is 2.38. The minimum atomic E-state index is 0.177. The quantitative estimate of drug-likeness (QED) is 0.813. The van der Waals surface area contributed by atoms with Crippen molar-refractivity contribution in [2.24, 2.45) is 11.8 Å². The summed E-state index contributed by atoms with van der Waals surface area (Å²) >= 11 is 8.36. The van der Waals surface area contributed by atoms with Gasteiger partial charge in [0.2, 0.25) is 0 Å². The van der Waals surface area contributed by atoms with E-state index < -0.39 is 0 Å². The highest BCUT2D eigenvalue weighted by Crippen LogP contribution is 2.34. The third-order valence-electron chi connectivity index (χ3n) is 3.53. The molecular formula is C11H12Br2N2OS. The van der Waals surface area contributed by atoms with Crippen LogP contribution in [-0.4, -0.2) is 37.0 Å². The molecule has 2 atom stereocenters. The molecule has 0 radical (unpaired) electrons. The lowest BCUT2D eigenvalue weighted by molar-refractivity contribution is 0.0786. The van der Waals surface area contributed by atoms with Crippen molar-refractivity contribution >= 4 is 49.1 Å². The summed E-state index contributed by atoms with van der Waals surface area (Å²) in [7, 11) is 0. The van der Waals surface area contributed by atoms with Crippen LogP contribution in [0.4, 0.5) is 0 Å². The Labute approximate surface area is 121 Å². The maximum Gasteiger partial charge on any atom is 0.264 e. The van der Waals surface area contributed by atoms with E-state index in [1.54, 1.807) is 0 Å². The molecule has 2 aliphatic rings. The normalized spacial score (nSPS) is 27.5. The van der Waals surface area contributed by atoms with Crippen LogP contribution >= 0.6 is 43.2 Å². The summed E-state index contributed by atoms with van der Waals surface area (Å²) in [6.45, 7) is 3.94. The highest BCUT2D eigenvalue weighted by atomic mass is 79.9. The first-order chi connectivity index (χ1) is 8.15. The molecule has 2 unspecified atom stereocenters. The van der Waals surface area contributed by atoms with Crippen LogP contribution in [0.1, 0.15) is 9.67 Å². The minimum absolute atomic E-state index is 0.177. The zero-order chi connectivity index (χ0) is 12.0. The number of hydrogen-bond donors (Lipinski definition) is 1. The Kier molecular flexibility index (Phi) is 3.32. The first-order valence-corrected chi connectivity index (χ1v) is 8.00. The Hall–Kier alpha value is 0.0900. The van der Waals surface area contributed by atoms with Gasteiger partial charge in [-0.1, -0.05) is 0 Å². The van der Waals surface area contributed by atoms with Crippen molar-refractivity contribution in [1.82, 2.24) is 10.2 Å². The number of hydrogen-bond acceptors (Lipinski definition) is 3. The summed E-state index contributed by atoms with van der Waals surface area (Å²) in [5.74, 6) is 1.49. The van der Waals surface area contributed by atoms with Crippen LogP contribution in [0.2, 0.25) is 0 Å². The van der Waals surface area contributed by atoms with Crippen LogP contribution in [0.25, 0.3) is 0 Å². The molecule has 0 spiro atoms. The number of nitrogens with zero attached hydrogens (tertiary/aromatic N) is 1. The number of likely N-dealkylation sites (tertiary alicyclic amines) is 1. The van der Waals surface area contributed by atoms with Crippen molar-refractivity contribution < 1.29 is 4.79 Å². The molecule has 6 heteroatoms. The third kappa shape index (κ3) is 2.20. The molecule has 1 N–H and O–H groups in total. The van der Waals surface area contributed by atoms with Crippen LogP contribution in [-0.2, 0) is 0 Å². The molecule has 2 aliphatic heterocycles. The van der Waals surface area contributed by atoms with E-state index in [2.05, 4.69) is 37.2 Å². The van der Waals surface area contributed by atoms with E-state index in [1.807, 2.05) is 11.0 Å². The summed E-state index contributed by atoms with van der Waals surface area (Å²) in [6.07, 6.45) is 0. The Morgan fingerprint density at radius 2 is 2.00 bits per heavy atom. The number of rotatable bonds is 1. The summed E-state index contributed by atoms with van der Waals surface area (Å²) in [5, 5.41) is 3.39. The molecule has 92 valence electrons. The standard InChI is InChI=1S/C11H12Br2N2OS/c12-8-1-9(17-10(8)13)11(16)15-4-6-2-14-3-7(6)5-15/h1,6-7,14H,2-5H2. The highest BCUT2D eigenvalue weighted by molar-refractivity contribution is 9.13. The lowest BCUT2D eigenvalue weighted by Gasteiger charge is -2.16. The molecule has 2 saturated heterocycles. The van der Waals surface area contributed by atoms with Gasteiger partial charge in [-0.25, -0.2) is 0 Å². The van der Waals surface area contributed by atoms with Gasteiger partial charge in [0.15, 0.2) is 0 Å². The van der Waals surface area contributed by atoms with Gasteiger partial charge in [0.05, 0.1) is 8.66 Å². The van der Waals surface area contributed by atoms with Crippen LogP contribution in [0, 0.1) is 11.8 Å². The average Bonchev–Trinajstić information content (AvgIpc) is 2.92. The maximum atomic E-state index is 12.3. The SMILES string of the molecule is O=C(c1cc(Br)c(Br)s1)N1CC2CNCC2C1. The van der Waals surface area contributed by atoms with Crippen LogP contribution in [0.5, 0.6) is 0 Å². The van der Waals surface area contributed by atoms with Gasteiger partial charge in [-0.2, -0.15) is 0 Å². The Balaban J connectivity index is 1.75. The lowest BCUT2D eigenvalue weighted by atomic mass is 10.0. The van der Waals surface area contributed by atoms with E-state index in [0.29, 0.717) is 11.8 Å². The van der Waals surface area contributed by atoms with Crippen LogP contribution < -0.4 is 5.32 Å². The fourth-order valence-corrected chi connectivity index (χ4v) is 4.63. The topological polar surface area (TPSA) is 32.3 Å². The summed E-state index contributed by atoms with van der Waals surface area (Å²) < 4.78 is 1.95. The maximum absolute atomic E-state index is 12.3. The second kappa shape index (κ2) is 4.64.